The number of rotatable bonds is 8. The van der Waals surface area contributed by atoms with Gasteiger partial charge in [-0.3, -0.25) is 0 Å². The van der Waals surface area contributed by atoms with E-state index < -0.39 is 35.4 Å². The molecule has 8 heterocycles. The smallest absolute Gasteiger partial charge is 0.201 e. The van der Waals surface area contributed by atoms with Gasteiger partial charge in [0.15, 0.2) is 23.8 Å². The molecule has 52 heavy (non-hydrogen) atoms. The summed E-state index contributed by atoms with van der Waals surface area (Å²) in [6, 6.07) is 4.23. The van der Waals surface area contributed by atoms with Crippen LogP contribution in [0.3, 0.4) is 0 Å². The second kappa shape index (κ2) is 13.2. The summed E-state index contributed by atoms with van der Waals surface area (Å²) in [7, 11) is 0. The van der Waals surface area contributed by atoms with Crippen LogP contribution >= 0.6 is 0 Å². The average molecular weight is 727 g/mol. The number of hydrogen-bond acceptors (Lipinski definition) is 10. The quantitative estimate of drug-likeness (QED) is 0.271. The lowest BCUT2D eigenvalue weighted by atomic mass is 9.57. The van der Waals surface area contributed by atoms with Crippen molar-refractivity contribution in [2.24, 2.45) is 47.3 Å². The standard InChI is InChI=1S/C42H62O10/c1-23-7-11-33-25(3)35(45-37-41(33)31(23)15-17-39(5,47-37)49-51-41)13-9-27-19-29(21-43)30(22-44)20-28(27)10-14-36-26(4)34-12-8-24(2)32-16-18-40(6)48-38(46-36)42(32,34)52-50-40/h19-20,23-26,31-38,43-44H,7-18,21-22H2,1-6H3/t23-,24-,25-,26-,31+,32+,33+,34+,35-,36-,37-,38-,39-,40-,41-,42-/m1/s1. The van der Waals surface area contributed by atoms with Crippen molar-refractivity contribution in [3.8, 4) is 0 Å². The lowest BCUT2D eigenvalue weighted by Gasteiger charge is -2.60. The highest BCUT2D eigenvalue weighted by atomic mass is 17.3. The number of aryl methyl sites for hydroxylation is 2. The lowest BCUT2D eigenvalue weighted by molar-refractivity contribution is -0.571. The molecule has 0 radical (unpaired) electrons. The van der Waals surface area contributed by atoms with Crippen LogP contribution in [-0.2, 0) is 64.6 Å². The van der Waals surface area contributed by atoms with Gasteiger partial charge in [0.2, 0.25) is 11.6 Å². The van der Waals surface area contributed by atoms with E-state index in [1.165, 1.54) is 24.0 Å². The van der Waals surface area contributed by atoms with Crippen molar-refractivity contribution >= 4 is 0 Å². The van der Waals surface area contributed by atoms with Crippen LogP contribution in [0.4, 0.5) is 0 Å². The maximum atomic E-state index is 10.3. The van der Waals surface area contributed by atoms with Crippen molar-refractivity contribution in [2.75, 3.05) is 0 Å². The summed E-state index contributed by atoms with van der Waals surface area (Å²) >= 11 is 0. The molecule has 1 aromatic carbocycles. The van der Waals surface area contributed by atoms with Crippen molar-refractivity contribution in [1.82, 2.24) is 0 Å². The predicted molar refractivity (Wildman–Crippen MR) is 189 cm³/mol. The largest absolute Gasteiger partial charge is 0.392 e. The molecular formula is C42H62O10. The van der Waals surface area contributed by atoms with Gasteiger partial charge < -0.3 is 29.2 Å². The van der Waals surface area contributed by atoms with Gasteiger partial charge in [0, 0.05) is 24.7 Å². The third-order valence-corrected chi connectivity index (χ3v) is 15.8. The molecule has 290 valence electrons. The van der Waals surface area contributed by atoms with E-state index in [2.05, 4.69) is 39.8 Å². The minimum atomic E-state index is -0.793. The van der Waals surface area contributed by atoms with Crippen molar-refractivity contribution in [3.63, 3.8) is 0 Å². The molecule has 8 saturated heterocycles. The number of aliphatic hydroxyl groups is 2. The Morgan fingerprint density at radius 2 is 0.981 bits per heavy atom. The van der Waals surface area contributed by atoms with Crippen LogP contribution in [0, 0.1) is 47.3 Å². The summed E-state index contributed by atoms with van der Waals surface area (Å²) in [4.78, 5) is 24.9. The lowest BCUT2D eigenvalue weighted by Crippen LogP contribution is -2.70. The van der Waals surface area contributed by atoms with Gasteiger partial charge in [-0.1, -0.05) is 39.8 Å². The van der Waals surface area contributed by atoms with Crippen molar-refractivity contribution in [1.29, 1.82) is 0 Å². The van der Waals surface area contributed by atoms with E-state index in [4.69, 9.17) is 38.5 Å². The zero-order valence-electron chi connectivity index (χ0n) is 32.1. The van der Waals surface area contributed by atoms with Crippen LogP contribution in [0.15, 0.2) is 12.1 Å². The molecule has 10 nitrogen and oxygen atoms in total. The Kier molecular flexibility index (Phi) is 9.26. The van der Waals surface area contributed by atoms with Gasteiger partial charge >= 0.3 is 0 Å². The zero-order valence-corrected chi connectivity index (χ0v) is 32.1. The van der Waals surface area contributed by atoms with Crippen LogP contribution < -0.4 is 0 Å². The van der Waals surface area contributed by atoms with Gasteiger partial charge in [0.25, 0.3) is 0 Å². The van der Waals surface area contributed by atoms with E-state index in [1.807, 2.05) is 13.8 Å². The molecule has 2 saturated carbocycles. The molecule has 1 aromatic rings. The molecule has 2 aliphatic carbocycles. The SMILES string of the molecule is C[C@H]1[C@@H](CCc2cc(CO)c(CO)cc2CC[C@H]2O[C@@H]3O[C@@]4(C)CC[C@H]5[C@H](C)CC[C@@H]([C@H]2C)[C@@]35OO4)O[C@@H]2O[C@@]3(C)CC[C@H]4[C@H](C)CC[C@@H]1[C@@]24OO3. The third kappa shape index (κ3) is 5.47. The molecule has 4 bridgehead atoms. The molecule has 10 aliphatic rings. The first kappa shape index (κ1) is 36.5. The van der Waals surface area contributed by atoms with Crippen LogP contribution in [0.5, 0.6) is 0 Å². The molecule has 0 amide bonds. The first-order chi connectivity index (χ1) is 24.9. The van der Waals surface area contributed by atoms with Gasteiger partial charge in [-0.05, 0) is 136 Å². The van der Waals surface area contributed by atoms with Gasteiger partial charge in [0.1, 0.15) is 0 Å². The van der Waals surface area contributed by atoms with Crippen molar-refractivity contribution < 1.29 is 48.7 Å². The fraction of sp³-hybridized carbons (Fsp3) is 0.857. The van der Waals surface area contributed by atoms with E-state index in [-0.39, 0.29) is 49.1 Å². The maximum Gasteiger partial charge on any atom is 0.201 e. The molecule has 0 aromatic heterocycles. The Hall–Kier alpha value is -1.18. The number of hydrogen-bond donors (Lipinski definition) is 2. The number of aliphatic hydroxyl groups excluding tert-OH is 2. The zero-order chi connectivity index (χ0) is 36.2. The van der Waals surface area contributed by atoms with Gasteiger partial charge in [0.05, 0.1) is 25.4 Å². The van der Waals surface area contributed by atoms with Crippen LogP contribution in [0.25, 0.3) is 0 Å². The molecule has 11 rings (SSSR count). The second-order valence-electron chi connectivity index (χ2n) is 18.7. The van der Waals surface area contributed by atoms with Gasteiger partial charge in [-0.15, -0.1) is 0 Å². The highest BCUT2D eigenvalue weighted by molar-refractivity contribution is 5.38. The van der Waals surface area contributed by atoms with E-state index in [0.29, 0.717) is 23.7 Å². The Balaban J connectivity index is 0.950. The molecule has 10 fully saturated rings. The highest BCUT2D eigenvalue weighted by Gasteiger charge is 2.70. The van der Waals surface area contributed by atoms with Crippen LogP contribution in [-0.4, -0.2) is 57.8 Å². The van der Waals surface area contributed by atoms with Gasteiger partial charge in [-0.25, -0.2) is 19.6 Å². The molecule has 16 atom stereocenters. The molecule has 8 aliphatic heterocycles. The topological polar surface area (TPSA) is 114 Å². The van der Waals surface area contributed by atoms with E-state index >= 15 is 0 Å². The Morgan fingerprint density at radius 3 is 1.38 bits per heavy atom. The number of benzene rings is 1. The fourth-order valence-corrected chi connectivity index (χ4v) is 12.8. The summed E-state index contributed by atoms with van der Waals surface area (Å²) in [5, 5.41) is 20.6. The number of ether oxygens (including phenoxy) is 4. The molecule has 0 unspecified atom stereocenters. The summed E-state index contributed by atoms with van der Waals surface area (Å²) in [6.45, 7) is 13.1. The first-order valence-corrected chi connectivity index (χ1v) is 20.7. The molecular weight excluding hydrogens is 664 g/mol. The molecule has 10 heteroatoms. The van der Waals surface area contributed by atoms with Crippen molar-refractivity contribution in [3.05, 3.63) is 34.4 Å². The van der Waals surface area contributed by atoms with Crippen LogP contribution in [0.2, 0.25) is 0 Å². The molecule has 2 spiro atoms. The Morgan fingerprint density at radius 1 is 0.558 bits per heavy atom. The summed E-state index contributed by atoms with van der Waals surface area (Å²) in [5.74, 6) is 1.28. The number of fused-ring (bicyclic) bond motifs is 4. The fourth-order valence-electron chi connectivity index (χ4n) is 12.8. The second-order valence-corrected chi connectivity index (χ2v) is 18.7. The van der Waals surface area contributed by atoms with E-state index in [0.717, 1.165) is 75.3 Å². The van der Waals surface area contributed by atoms with E-state index in [9.17, 15) is 10.2 Å². The molecule has 2 N–H and O–H groups in total. The maximum absolute atomic E-state index is 10.3. The normalized spacial score (nSPS) is 50.6. The van der Waals surface area contributed by atoms with Crippen LogP contribution in [0.1, 0.15) is 128 Å². The highest BCUT2D eigenvalue weighted by Crippen LogP contribution is 2.62. The van der Waals surface area contributed by atoms with Crippen molar-refractivity contribution in [2.45, 2.75) is 179 Å². The Labute approximate surface area is 309 Å². The van der Waals surface area contributed by atoms with Gasteiger partial charge in [-0.2, -0.15) is 0 Å². The van der Waals surface area contributed by atoms with E-state index in [1.54, 1.807) is 0 Å². The first-order valence-electron chi connectivity index (χ1n) is 20.7. The third-order valence-electron chi connectivity index (χ3n) is 15.8. The summed E-state index contributed by atoms with van der Waals surface area (Å²) in [5.41, 5.74) is 2.82. The summed E-state index contributed by atoms with van der Waals surface area (Å²) < 4.78 is 27.2. The predicted octanol–water partition coefficient (Wildman–Crippen LogP) is 7.04. The average Bonchev–Trinajstić information content (AvgIpc) is 3.51. The Bertz CT molecular complexity index is 1400. The summed E-state index contributed by atoms with van der Waals surface area (Å²) in [6.07, 6.45) is 10.5. The minimum absolute atomic E-state index is 0.00454. The monoisotopic (exact) mass is 726 g/mol. The minimum Gasteiger partial charge on any atom is -0.392 e.